The van der Waals surface area contributed by atoms with Crippen molar-refractivity contribution in [1.82, 2.24) is 15.2 Å². The number of nitrogens with one attached hydrogen (secondary N) is 2. The highest BCUT2D eigenvalue weighted by molar-refractivity contribution is 7.97. The second-order valence-corrected chi connectivity index (χ2v) is 11.6. The van der Waals surface area contributed by atoms with Gasteiger partial charge in [0, 0.05) is 60.8 Å². The number of rotatable bonds is 11. The maximum absolute atomic E-state index is 14.7. The zero-order chi connectivity index (χ0) is 30.7. The third-order valence-corrected chi connectivity index (χ3v) is 8.85. The number of hydrogen-bond acceptors (Lipinski definition) is 7. The molecule has 2 unspecified atom stereocenters. The van der Waals surface area contributed by atoms with E-state index in [1.807, 2.05) is 62.4 Å². The van der Waals surface area contributed by atoms with E-state index in [2.05, 4.69) is 28.2 Å². The smallest absolute Gasteiger partial charge is 0.224 e. The van der Waals surface area contributed by atoms with Crippen molar-refractivity contribution in [3.8, 4) is 17.6 Å². The van der Waals surface area contributed by atoms with Crippen LogP contribution in [0.4, 0.5) is 4.48 Å². The number of halogens is 1. The Labute approximate surface area is 258 Å². The second-order valence-electron chi connectivity index (χ2n) is 10.7. The van der Waals surface area contributed by atoms with Gasteiger partial charge in [-0.05, 0) is 74.0 Å². The van der Waals surface area contributed by atoms with Crippen LogP contribution in [0.25, 0.3) is 0 Å². The predicted octanol–water partition coefficient (Wildman–Crippen LogP) is 6.78. The van der Waals surface area contributed by atoms with Crippen LogP contribution in [0.5, 0.6) is 11.5 Å². The SMILES string of the molecule is CC.COCCCCC1(CNC(=O)C2CC(NSc3ccc(C#N)cc3)CN(F)C2)c2ccccc2Oc2ccccc21. The lowest BCUT2D eigenvalue weighted by atomic mass is 9.69. The molecule has 228 valence electrons. The molecule has 3 aromatic rings. The molecule has 2 heterocycles. The number of methoxy groups -OCH3 is 1. The monoisotopic (exact) mass is 604 g/mol. The van der Waals surface area contributed by atoms with Crippen molar-refractivity contribution in [2.75, 3.05) is 33.4 Å². The van der Waals surface area contributed by atoms with Gasteiger partial charge in [-0.15, -0.1) is 9.60 Å². The highest BCUT2D eigenvalue weighted by Crippen LogP contribution is 2.50. The van der Waals surface area contributed by atoms with Gasteiger partial charge in [0.25, 0.3) is 0 Å². The maximum atomic E-state index is 14.7. The Balaban J connectivity index is 0.00000207. The van der Waals surface area contributed by atoms with Gasteiger partial charge in [0.1, 0.15) is 11.5 Å². The molecule has 0 radical (unpaired) electrons. The molecule has 3 aromatic carbocycles. The molecule has 9 heteroatoms. The van der Waals surface area contributed by atoms with E-state index in [1.165, 1.54) is 11.9 Å². The summed E-state index contributed by atoms with van der Waals surface area (Å²) in [6.45, 7) is 5.32. The summed E-state index contributed by atoms with van der Waals surface area (Å²) in [5, 5.41) is 13.0. The second kappa shape index (κ2) is 15.9. The van der Waals surface area contributed by atoms with Gasteiger partial charge >= 0.3 is 0 Å². The highest BCUT2D eigenvalue weighted by Gasteiger charge is 2.42. The van der Waals surface area contributed by atoms with Crippen molar-refractivity contribution in [2.45, 2.75) is 55.9 Å². The minimum Gasteiger partial charge on any atom is -0.457 e. The van der Waals surface area contributed by atoms with Gasteiger partial charge in [-0.1, -0.05) is 50.2 Å². The van der Waals surface area contributed by atoms with Crippen LogP contribution in [0.15, 0.2) is 77.7 Å². The number of amides is 1. The molecular weight excluding hydrogens is 563 g/mol. The topological polar surface area (TPSA) is 86.6 Å². The van der Waals surface area contributed by atoms with Gasteiger partial charge in [-0.25, -0.2) is 0 Å². The minimum absolute atomic E-state index is 0.0582. The Bertz CT molecular complexity index is 1340. The number of piperidine rings is 1. The van der Waals surface area contributed by atoms with Crippen LogP contribution in [0.1, 0.15) is 56.2 Å². The molecule has 0 saturated carbocycles. The first-order valence-electron chi connectivity index (χ1n) is 15.0. The van der Waals surface area contributed by atoms with Crippen molar-refractivity contribution >= 4 is 17.9 Å². The number of carbonyl (C=O) groups excluding carboxylic acids is 1. The van der Waals surface area contributed by atoms with Crippen LogP contribution in [0.2, 0.25) is 0 Å². The molecule has 2 N–H and O–H groups in total. The quantitative estimate of drug-likeness (QED) is 0.142. The molecule has 2 atom stereocenters. The minimum atomic E-state index is -0.497. The third-order valence-electron chi connectivity index (χ3n) is 7.90. The van der Waals surface area contributed by atoms with E-state index in [0.29, 0.717) is 25.1 Å². The number of unbranched alkanes of at least 4 members (excludes halogenated alkanes) is 1. The number of fused-ring (bicyclic) bond motifs is 2. The van der Waals surface area contributed by atoms with Crippen LogP contribution >= 0.6 is 11.9 Å². The molecule has 1 saturated heterocycles. The largest absolute Gasteiger partial charge is 0.457 e. The fourth-order valence-electron chi connectivity index (χ4n) is 5.84. The summed E-state index contributed by atoms with van der Waals surface area (Å²) in [6, 6.07) is 25.1. The first-order chi connectivity index (χ1) is 21.0. The van der Waals surface area contributed by atoms with Crippen LogP contribution in [0.3, 0.4) is 0 Å². The van der Waals surface area contributed by atoms with Gasteiger partial charge in [-0.2, -0.15) is 5.26 Å². The summed E-state index contributed by atoms with van der Waals surface area (Å²) < 4.78 is 29.6. The fraction of sp³-hybridized carbons (Fsp3) is 0.412. The molecular formula is C34H41FN4O3S. The number of benzene rings is 3. The lowest BCUT2D eigenvalue weighted by Crippen LogP contribution is -2.51. The predicted molar refractivity (Wildman–Crippen MR) is 169 cm³/mol. The standard InChI is InChI=1S/C32H35FN4O3S.C2H6/c1-39-17-7-6-16-32(27-8-2-4-10-29(27)40-30-11-5-3-9-28(30)32)22-35-31(38)24-18-25(21-37(33)20-24)36-41-26-14-12-23(19-34)13-15-26;1-2/h2-5,8-15,24-25,36H,6-7,16-18,20-22H2,1H3,(H,35,38);1-2H3. The Hall–Kier alpha value is -3.42. The summed E-state index contributed by atoms with van der Waals surface area (Å²) in [5.74, 6) is 0.941. The highest BCUT2D eigenvalue weighted by atomic mass is 32.2. The molecule has 5 rings (SSSR count). The lowest BCUT2D eigenvalue weighted by Gasteiger charge is -2.41. The van der Waals surface area contributed by atoms with Gasteiger partial charge in [0.2, 0.25) is 5.91 Å². The normalized spacial score (nSPS) is 18.6. The molecule has 0 aromatic heterocycles. The Morgan fingerprint density at radius 3 is 2.33 bits per heavy atom. The van der Waals surface area contributed by atoms with Crippen molar-refractivity contribution in [3.05, 3.63) is 89.5 Å². The van der Waals surface area contributed by atoms with E-state index in [4.69, 9.17) is 14.7 Å². The maximum Gasteiger partial charge on any atom is 0.224 e. The van der Waals surface area contributed by atoms with Crippen LogP contribution in [-0.4, -0.2) is 50.4 Å². The number of nitrogens with zero attached hydrogens (tertiary/aromatic N) is 2. The van der Waals surface area contributed by atoms with E-state index in [0.717, 1.165) is 51.9 Å². The number of hydrogen-bond donors (Lipinski definition) is 2. The summed E-state index contributed by atoms with van der Waals surface area (Å²) in [4.78, 5) is 14.5. The molecule has 0 bridgehead atoms. The van der Waals surface area contributed by atoms with Crippen molar-refractivity contribution in [2.24, 2.45) is 5.92 Å². The van der Waals surface area contributed by atoms with Crippen LogP contribution < -0.4 is 14.8 Å². The van der Waals surface area contributed by atoms with Crippen LogP contribution in [0, 0.1) is 17.2 Å². The van der Waals surface area contributed by atoms with E-state index in [9.17, 15) is 9.28 Å². The molecule has 2 aliphatic rings. The Morgan fingerprint density at radius 1 is 1.05 bits per heavy atom. The third kappa shape index (κ3) is 7.95. The lowest BCUT2D eigenvalue weighted by molar-refractivity contribution is -0.130. The van der Waals surface area contributed by atoms with Crippen LogP contribution in [-0.2, 0) is 14.9 Å². The molecule has 2 aliphatic heterocycles. The molecule has 0 aliphatic carbocycles. The van der Waals surface area contributed by atoms with E-state index >= 15 is 0 Å². The summed E-state index contributed by atoms with van der Waals surface area (Å²) in [6.07, 6.45) is 3.14. The van der Waals surface area contributed by atoms with E-state index in [1.54, 1.807) is 19.2 Å². The fourth-order valence-corrected chi connectivity index (χ4v) is 6.58. The molecule has 1 fully saturated rings. The first-order valence-corrected chi connectivity index (χ1v) is 15.8. The molecule has 7 nitrogen and oxygen atoms in total. The Kier molecular flexibility index (Phi) is 12.0. The van der Waals surface area contributed by atoms with Gasteiger partial charge in [-0.3, -0.25) is 9.52 Å². The number of para-hydroxylation sites is 2. The Morgan fingerprint density at radius 2 is 1.70 bits per heavy atom. The summed E-state index contributed by atoms with van der Waals surface area (Å²) >= 11 is 1.39. The van der Waals surface area contributed by atoms with Crippen molar-refractivity contribution in [1.29, 1.82) is 5.26 Å². The van der Waals surface area contributed by atoms with Gasteiger partial charge < -0.3 is 14.8 Å². The van der Waals surface area contributed by atoms with Gasteiger partial charge in [0.05, 0.1) is 17.6 Å². The summed E-state index contributed by atoms with van der Waals surface area (Å²) in [7, 11) is 1.71. The summed E-state index contributed by atoms with van der Waals surface area (Å²) in [5.41, 5.74) is 2.20. The zero-order valence-corrected chi connectivity index (χ0v) is 26.0. The first kappa shape index (κ1) is 32.5. The van der Waals surface area contributed by atoms with Crippen molar-refractivity contribution < 1.29 is 18.7 Å². The van der Waals surface area contributed by atoms with E-state index in [-0.39, 0.29) is 25.0 Å². The number of ether oxygens (including phenoxy) is 2. The zero-order valence-electron chi connectivity index (χ0n) is 25.1. The molecule has 1 amide bonds. The molecule has 0 spiro atoms. The van der Waals surface area contributed by atoms with E-state index < -0.39 is 11.3 Å². The number of carbonyl (C=O) groups is 1. The van der Waals surface area contributed by atoms with Gasteiger partial charge in [0.15, 0.2) is 0 Å². The number of nitriles is 1. The van der Waals surface area contributed by atoms with Crippen molar-refractivity contribution in [3.63, 3.8) is 0 Å². The average molecular weight is 605 g/mol. The molecule has 43 heavy (non-hydrogen) atoms. The average Bonchev–Trinajstić information content (AvgIpc) is 3.05.